The van der Waals surface area contributed by atoms with Crippen LogP contribution in [0.15, 0.2) is 24.3 Å². The van der Waals surface area contributed by atoms with E-state index in [9.17, 15) is 19.5 Å². The number of aliphatic carboxylic acids is 1. The SMILES string of the molecule is CCCCCCCC/C=C\CCCCCCCC(=O)OC(CCC/C=C\CCCCCCCCCC)CCCCCCCC(=O)NC(CCCN)C(=O)O. The quantitative estimate of drug-likeness (QED) is 0.0324. The van der Waals surface area contributed by atoms with Gasteiger partial charge < -0.3 is 20.9 Å². The summed E-state index contributed by atoms with van der Waals surface area (Å²) in [7, 11) is 0. The first-order valence-corrected chi connectivity index (χ1v) is 23.2. The lowest BCUT2D eigenvalue weighted by atomic mass is 10.0. The van der Waals surface area contributed by atoms with E-state index in [2.05, 4.69) is 43.5 Å². The van der Waals surface area contributed by atoms with Crippen molar-refractivity contribution in [1.29, 1.82) is 0 Å². The van der Waals surface area contributed by atoms with Crippen LogP contribution in [0.25, 0.3) is 0 Å². The molecule has 7 nitrogen and oxygen atoms in total. The second kappa shape index (κ2) is 42.0. The fourth-order valence-corrected chi connectivity index (χ4v) is 6.98. The highest BCUT2D eigenvalue weighted by Crippen LogP contribution is 2.18. The zero-order valence-electron chi connectivity index (χ0n) is 35.6. The Balaban J connectivity index is 4.35. The molecule has 0 fully saturated rings. The molecule has 0 saturated carbocycles. The molecule has 7 heteroatoms. The molecule has 54 heavy (non-hydrogen) atoms. The average molecular weight is 761 g/mol. The van der Waals surface area contributed by atoms with Crippen molar-refractivity contribution in [1.82, 2.24) is 5.32 Å². The van der Waals surface area contributed by atoms with Crippen LogP contribution in [-0.2, 0) is 19.1 Å². The fraction of sp³-hybridized carbons (Fsp3) is 0.851. The number of esters is 1. The van der Waals surface area contributed by atoms with Crippen LogP contribution in [0.5, 0.6) is 0 Å². The number of carbonyl (C=O) groups excluding carboxylic acids is 2. The Hall–Kier alpha value is -2.15. The van der Waals surface area contributed by atoms with Crippen molar-refractivity contribution < 1.29 is 24.2 Å². The van der Waals surface area contributed by atoms with Crippen LogP contribution >= 0.6 is 0 Å². The summed E-state index contributed by atoms with van der Waals surface area (Å²) >= 11 is 0. The molecule has 1 amide bonds. The predicted octanol–water partition coefficient (Wildman–Crippen LogP) is 13.2. The van der Waals surface area contributed by atoms with Gasteiger partial charge in [-0.05, 0) is 103 Å². The number of allylic oxidation sites excluding steroid dienone is 4. The monoisotopic (exact) mass is 761 g/mol. The van der Waals surface area contributed by atoms with Crippen LogP contribution in [0, 0.1) is 0 Å². The van der Waals surface area contributed by atoms with Gasteiger partial charge in [0.1, 0.15) is 12.1 Å². The molecule has 0 aromatic rings. The van der Waals surface area contributed by atoms with E-state index in [1.165, 1.54) is 128 Å². The van der Waals surface area contributed by atoms with Gasteiger partial charge in [0.25, 0.3) is 0 Å². The zero-order valence-corrected chi connectivity index (χ0v) is 35.6. The smallest absolute Gasteiger partial charge is 0.326 e. The maximum Gasteiger partial charge on any atom is 0.326 e. The highest BCUT2D eigenvalue weighted by Gasteiger charge is 2.19. The zero-order chi connectivity index (χ0) is 39.6. The molecule has 2 atom stereocenters. The lowest BCUT2D eigenvalue weighted by Gasteiger charge is -2.18. The Bertz CT molecular complexity index is 905. The molecule has 0 aliphatic rings. The van der Waals surface area contributed by atoms with Gasteiger partial charge in [-0.3, -0.25) is 9.59 Å². The molecule has 0 aromatic heterocycles. The summed E-state index contributed by atoms with van der Waals surface area (Å²) in [5, 5.41) is 11.9. The number of amides is 1. The summed E-state index contributed by atoms with van der Waals surface area (Å²) in [6, 6.07) is -0.858. The number of hydrogen-bond donors (Lipinski definition) is 3. The molecule has 0 rings (SSSR count). The minimum absolute atomic E-state index is 0.0195. The molecular weight excluding hydrogens is 673 g/mol. The van der Waals surface area contributed by atoms with E-state index >= 15 is 0 Å². The number of carbonyl (C=O) groups is 3. The molecule has 0 radical (unpaired) electrons. The molecule has 2 unspecified atom stereocenters. The van der Waals surface area contributed by atoms with E-state index in [0.717, 1.165) is 70.6 Å². The van der Waals surface area contributed by atoms with Crippen LogP contribution in [0.3, 0.4) is 0 Å². The number of nitrogens with one attached hydrogen (secondary N) is 1. The van der Waals surface area contributed by atoms with Crippen molar-refractivity contribution >= 4 is 17.8 Å². The molecule has 0 aliphatic heterocycles. The van der Waals surface area contributed by atoms with Gasteiger partial charge >= 0.3 is 11.9 Å². The third-order valence-electron chi connectivity index (χ3n) is 10.5. The first kappa shape index (κ1) is 51.9. The molecular formula is C47H88N2O5. The number of unbranched alkanes of at least 4 members (excludes halogenated alkanes) is 24. The molecule has 0 heterocycles. The minimum Gasteiger partial charge on any atom is -0.480 e. The summed E-state index contributed by atoms with van der Waals surface area (Å²) in [5.41, 5.74) is 5.49. The Morgan fingerprint density at radius 1 is 0.519 bits per heavy atom. The first-order chi connectivity index (χ1) is 26.4. The van der Waals surface area contributed by atoms with Crippen molar-refractivity contribution in [2.45, 2.75) is 251 Å². The van der Waals surface area contributed by atoms with E-state index < -0.39 is 12.0 Å². The average Bonchev–Trinajstić information content (AvgIpc) is 3.16. The van der Waals surface area contributed by atoms with Crippen molar-refractivity contribution in [3.05, 3.63) is 24.3 Å². The van der Waals surface area contributed by atoms with Gasteiger partial charge in [-0.2, -0.15) is 0 Å². The summed E-state index contributed by atoms with van der Waals surface area (Å²) < 4.78 is 6.04. The lowest BCUT2D eigenvalue weighted by molar-refractivity contribution is -0.150. The van der Waals surface area contributed by atoms with Gasteiger partial charge in [0, 0.05) is 12.8 Å². The number of hydrogen-bond acceptors (Lipinski definition) is 5. The number of nitrogens with two attached hydrogens (primary N) is 1. The summed E-state index contributed by atoms with van der Waals surface area (Å²) in [4.78, 5) is 36.4. The van der Waals surface area contributed by atoms with E-state index in [1.54, 1.807) is 0 Å². The first-order valence-electron chi connectivity index (χ1n) is 23.2. The van der Waals surface area contributed by atoms with E-state index in [1.807, 2.05) is 0 Å². The largest absolute Gasteiger partial charge is 0.480 e. The second-order valence-corrected chi connectivity index (χ2v) is 15.8. The number of rotatable bonds is 42. The number of ether oxygens (including phenoxy) is 1. The molecule has 0 saturated heterocycles. The van der Waals surface area contributed by atoms with Gasteiger partial charge in [-0.25, -0.2) is 4.79 Å². The van der Waals surface area contributed by atoms with Crippen molar-refractivity contribution in [3.8, 4) is 0 Å². The van der Waals surface area contributed by atoms with Crippen molar-refractivity contribution in [3.63, 3.8) is 0 Å². The van der Waals surface area contributed by atoms with Gasteiger partial charge in [-0.1, -0.05) is 154 Å². The topological polar surface area (TPSA) is 119 Å². The Kier molecular flexibility index (Phi) is 40.3. The highest BCUT2D eigenvalue weighted by molar-refractivity contribution is 5.83. The maximum absolute atomic E-state index is 12.8. The normalized spacial score (nSPS) is 12.8. The van der Waals surface area contributed by atoms with E-state index in [4.69, 9.17) is 10.5 Å². The van der Waals surface area contributed by atoms with Gasteiger partial charge in [0.15, 0.2) is 0 Å². The van der Waals surface area contributed by atoms with E-state index in [0.29, 0.717) is 32.2 Å². The molecule has 0 spiro atoms. The molecule has 316 valence electrons. The van der Waals surface area contributed by atoms with Crippen molar-refractivity contribution in [2.24, 2.45) is 5.73 Å². The molecule has 0 aliphatic carbocycles. The van der Waals surface area contributed by atoms with E-state index in [-0.39, 0.29) is 18.0 Å². The molecule has 0 bridgehead atoms. The van der Waals surface area contributed by atoms with Gasteiger partial charge in [0.2, 0.25) is 5.91 Å². The Labute approximate surface area is 333 Å². The van der Waals surface area contributed by atoms with Crippen LogP contribution in [0.2, 0.25) is 0 Å². The van der Waals surface area contributed by atoms with Crippen LogP contribution in [0.4, 0.5) is 0 Å². The Morgan fingerprint density at radius 3 is 1.41 bits per heavy atom. The Morgan fingerprint density at radius 2 is 0.926 bits per heavy atom. The lowest BCUT2D eigenvalue weighted by Crippen LogP contribution is -2.40. The highest BCUT2D eigenvalue weighted by atomic mass is 16.5. The van der Waals surface area contributed by atoms with Crippen LogP contribution in [-0.4, -0.2) is 41.6 Å². The molecule has 0 aromatic carbocycles. The minimum atomic E-state index is -1.01. The van der Waals surface area contributed by atoms with Gasteiger partial charge in [0.05, 0.1) is 0 Å². The van der Waals surface area contributed by atoms with Crippen molar-refractivity contribution in [2.75, 3.05) is 6.54 Å². The van der Waals surface area contributed by atoms with Crippen LogP contribution in [0.1, 0.15) is 239 Å². The maximum atomic E-state index is 12.8. The summed E-state index contributed by atoms with van der Waals surface area (Å²) in [6.07, 6.45) is 47.9. The summed E-state index contributed by atoms with van der Waals surface area (Å²) in [6.45, 7) is 4.95. The molecule has 4 N–H and O–H groups in total. The fourth-order valence-electron chi connectivity index (χ4n) is 6.98. The summed E-state index contributed by atoms with van der Waals surface area (Å²) in [5.74, 6) is -1.25. The van der Waals surface area contributed by atoms with Gasteiger partial charge in [-0.15, -0.1) is 0 Å². The third-order valence-corrected chi connectivity index (χ3v) is 10.5. The van der Waals surface area contributed by atoms with Crippen LogP contribution < -0.4 is 11.1 Å². The number of carboxylic acid groups (broad SMARTS) is 1. The standard InChI is InChI=1S/C47H88N2O5/c1-3-5-7-9-11-13-15-17-18-20-22-24-26-31-35-41-46(51)54-43(37-32-28-25-23-21-19-16-14-12-10-8-6-4-2)38-33-29-27-30-34-40-45(50)49-44(47(52)53)39-36-42-48/h17-18,23,25,43-44H,3-16,19-22,24,26-42,48H2,1-2H3,(H,49,50)(H,52,53)/b18-17-,25-23-. The third kappa shape index (κ3) is 38.1. The second-order valence-electron chi connectivity index (χ2n) is 15.8. The predicted molar refractivity (Wildman–Crippen MR) is 230 cm³/mol. The number of carboxylic acids is 1.